The maximum absolute atomic E-state index is 13.6. The number of nitrogens with zero attached hydrogens (tertiary/aromatic N) is 2. The highest BCUT2D eigenvalue weighted by Gasteiger charge is 2.49. The number of ether oxygens (including phenoxy) is 1. The zero-order chi connectivity index (χ0) is 22.0. The lowest BCUT2D eigenvalue weighted by molar-refractivity contribution is -0.143. The lowest BCUT2D eigenvalue weighted by Crippen LogP contribution is -2.65. The first-order chi connectivity index (χ1) is 15.0. The molecule has 1 amide bonds. The summed E-state index contributed by atoms with van der Waals surface area (Å²) in [4.78, 5) is 30.2. The predicted octanol–water partition coefficient (Wildman–Crippen LogP) is 3.75. The summed E-state index contributed by atoms with van der Waals surface area (Å²) in [5.41, 5.74) is 1.33. The van der Waals surface area contributed by atoms with E-state index in [1.54, 1.807) is 12.1 Å². The number of carbonyl (C=O) groups is 2. The fourth-order valence-electron chi connectivity index (χ4n) is 6.26. The van der Waals surface area contributed by atoms with Crippen LogP contribution in [0.15, 0.2) is 18.2 Å². The van der Waals surface area contributed by atoms with E-state index in [4.69, 9.17) is 4.74 Å². The Bertz CT molecular complexity index is 809. The second-order valence-electron chi connectivity index (χ2n) is 9.48. The molecule has 3 aliphatic heterocycles. The van der Waals surface area contributed by atoms with Gasteiger partial charge in [-0.3, -0.25) is 14.5 Å². The molecule has 31 heavy (non-hydrogen) atoms. The summed E-state index contributed by atoms with van der Waals surface area (Å²) in [6.45, 7) is 7.22. The molecular formula is C25H36N2O4. The SMILES string of the molecule is CCOC(=O)CCCC1C2CCCN3CCCC(CN1C(=O)c1ccc(C)cc1O)C23. The number of benzene rings is 1. The maximum Gasteiger partial charge on any atom is 0.305 e. The van der Waals surface area contributed by atoms with E-state index in [-0.39, 0.29) is 23.7 Å². The Hall–Kier alpha value is -2.08. The number of piperidine rings is 3. The number of amides is 1. The van der Waals surface area contributed by atoms with E-state index in [0.29, 0.717) is 36.5 Å². The number of esters is 1. The van der Waals surface area contributed by atoms with Crippen molar-refractivity contribution in [2.45, 2.75) is 70.9 Å². The Kier molecular flexibility index (Phi) is 6.85. The first-order valence-electron chi connectivity index (χ1n) is 12.0. The molecule has 0 aliphatic carbocycles. The summed E-state index contributed by atoms with van der Waals surface area (Å²) >= 11 is 0. The molecule has 0 bridgehead atoms. The molecule has 4 atom stereocenters. The zero-order valence-corrected chi connectivity index (χ0v) is 18.9. The van der Waals surface area contributed by atoms with Crippen LogP contribution in [-0.2, 0) is 9.53 Å². The second-order valence-corrected chi connectivity index (χ2v) is 9.48. The van der Waals surface area contributed by atoms with Crippen molar-refractivity contribution in [2.24, 2.45) is 11.8 Å². The van der Waals surface area contributed by atoms with Gasteiger partial charge in [0, 0.05) is 25.0 Å². The van der Waals surface area contributed by atoms with Crippen LogP contribution < -0.4 is 0 Å². The van der Waals surface area contributed by atoms with Gasteiger partial charge in [-0.15, -0.1) is 0 Å². The molecule has 3 aliphatic rings. The van der Waals surface area contributed by atoms with Gasteiger partial charge in [-0.1, -0.05) is 6.07 Å². The molecule has 6 nitrogen and oxygen atoms in total. The average Bonchev–Trinajstić information content (AvgIpc) is 2.75. The minimum atomic E-state index is -0.159. The van der Waals surface area contributed by atoms with Gasteiger partial charge in [-0.05, 0) is 95.0 Å². The first-order valence-corrected chi connectivity index (χ1v) is 12.0. The van der Waals surface area contributed by atoms with Gasteiger partial charge in [0.1, 0.15) is 5.75 Å². The number of hydrogen-bond donors (Lipinski definition) is 1. The summed E-state index contributed by atoms with van der Waals surface area (Å²) in [7, 11) is 0. The lowest BCUT2D eigenvalue weighted by Gasteiger charge is -2.57. The Balaban J connectivity index is 1.58. The largest absolute Gasteiger partial charge is 0.507 e. The van der Waals surface area contributed by atoms with Gasteiger partial charge in [0.05, 0.1) is 12.2 Å². The summed E-state index contributed by atoms with van der Waals surface area (Å²) in [5, 5.41) is 10.5. The third-order valence-corrected chi connectivity index (χ3v) is 7.50. The molecule has 0 radical (unpaired) electrons. The molecule has 0 saturated carbocycles. The predicted molar refractivity (Wildman–Crippen MR) is 119 cm³/mol. The van der Waals surface area contributed by atoms with Gasteiger partial charge < -0.3 is 14.7 Å². The lowest BCUT2D eigenvalue weighted by atomic mass is 9.69. The molecule has 4 unspecified atom stereocenters. The molecule has 6 heteroatoms. The van der Waals surface area contributed by atoms with E-state index in [0.717, 1.165) is 37.8 Å². The number of phenolic OH excluding ortho intramolecular Hbond substituents is 1. The van der Waals surface area contributed by atoms with Crippen molar-refractivity contribution in [3.63, 3.8) is 0 Å². The minimum Gasteiger partial charge on any atom is -0.507 e. The highest BCUT2D eigenvalue weighted by molar-refractivity contribution is 5.97. The first kappa shape index (κ1) is 22.1. The molecular weight excluding hydrogens is 392 g/mol. The van der Waals surface area contributed by atoms with Crippen molar-refractivity contribution in [1.29, 1.82) is 0 Å². The smallest absolute Gasteiger partial charge is 0.305 e. The third kappa shape index (κ3) is 4.59. The minimum absolute atomic E-state index is 0.0614. The van der Waals surface area contributed by atoms with Crippen LogP contribution in [0.2, 0.25) is 0 Å². The van der Waals surface area contributed by atoms with E-state index in [1.807, 2.05) is 24.8 Å². The van der Waals surface area contributed by atoms with Crippen LogP contribution in [0.5, 0.6) is 5.75 Å². The number of likely N-dealkylation sites (tertiary alicyclic amines) is 1. The Morgan fingerprint density at radius 1 is 1.19 bits per heavy atom. The topological polar surface area (TPSA) is 70.1 Å². The molecule has 1 aromatic carbocycles. The fraction of sp³-hybridized carbons (Fsp3) is 0.680. The van der Waals surface area contributed by atoms with Gasteiger partial charge in [0.25, 0.3) is 5.91 Å². The standard InChI is InChI=1S/C25H36N2O4/c1-3-31-23(29)10-4-9-21-19-8-6-14-26-13-5-7-18(24(19)26)16-27(21)25(30)20-12-11-17(2)15-22(20)28/h11-12,15,18-19,21,24,28H,3-10,13-14,16H2,1-2H3. The highest BCUT2D eigenvalue weighted by Crippen LogP contribution is 2.44. The summed E-state index contributed by atoms with van der Waals surface area (Å²) in [6, 6.07) is 5.95. The number of phenols is 1. The Labute approximate surface area is 185 Å². The van der Waals surface area contributed by atoms with Crippen molar-refractivity contribution < 1.29 is 19.4 Å². The van der Waals surface area contributed by atoms with Gasteiger partial charge in [0.2, 0.25) is 0 Å². The molecule has 4 rings (SSSR count). The monoisotopic (exact) mass is 428 g/mol. The molecule has 170 valence electrons. The van der Waals surface area contributed by atoms with Crippen LogP contribution in [-0.4, -0.2) is 65.1 Å². The van der Waals surface area contributed by atoms with Crippen LogP contribution in [0, 0.1) is 18.8 Å². The van der Waals surface area contributed by atoms with Crippen molar-refractivity contribution in [1.82, 2.24) is 9.80 Å². The van der Waals surface area contributed by atoms with Crippen LogP contribution in [0.25, 0.3) is 0 Å². The van der Waals surface area contributed by atoms with Gasteiger partial charge >= 0.3 is 5.97 Å². The molecule has 3 heterocycles. The van der Waals surface area contributed by atoms with Crippen LogP contribution in [0.3, 0.4) is 0 Å². The average molecular weight is 429 g/mol. The van der Waals surface area contributed by atoms with Gasteiger partial charge in [0.15, 0.2) is 0 Å². The fourth-order valence-corrected chi connectivity index (χ4v) is 6.26. The zero-order valence-electron chi connectivity index (χ0n) is 18.9. The van der Waals surface area contributed by atoms with E-state index in [1.165, 1.54) is 25.9 Å². The van der Waals surface area contributed by atoms with Crippen molar-refractivity contribution in [2.75, 3.05) is 26.2 Å². The van der Waals surface area contributed by atoms with E-state index < -0.39 is 0 Å². The summed E-state index contributed by atoms with van der Waals surface area (Å²) < 4.78 is 5.11. The van der Waals surface area contributed by atoms with Crippen LogP contribution in [0.4, 0.5) is 0 Å². The molecule has 3 saturated heterocycles. The van der Waals surface area contributed by atoms with Gasteiger partial charge in [-0.25, -0.2) is 0 Å². The maximum atomic E-state index is 13.6. The quantitative estimate of drug-likeness (QED) is 0.699. The number of rotatable bonds is 6. The number of hydrogen-bond acceptors (Lipinski definition) is 5. The normalized spacial score (nSPS) is 28.1. The van der Waals surface area contributed by atoms with Crippen molar-refractivity contribution in [3.05, 3.63) is 29.3 Å². The summed E-state index contributed by atoms with van der Waals surface area (Å²) in [5.74, 6) is 0.766. The van der Waals surface area contributed by atoms with Crippen molar-refractivity contribution in [3.8, 4) is 5.75 Å². The number of aromatic hydroxyl groups is 1. The highest BCUT2D eigenvalue weighted by atomic mass is 16.5. The third-order valence-electron chi connectivity index (χ3n) is 7.50. The molecule has 0 spiro atoms. The molecule has 3 fully saturated rings. The van der Waals surface area contributed by atoms with Crippen molar-refractivity contribution >= 4 is 11.9 Å². The van der Waals surface area contributed by atoms with E-state index in [2.05, 4.69) is 4.90 Å². The van der Waals surface area contributed by atoms with Gasteiger partial charge in [-0.2, -0.15) is 0 Å². The Morgan fingerprint density at radius 2 is 1.97 bits per heavy atom. The number of carbonyl (C=O) groups excluding carboxylic acids is 2. The van der Waals surface area contributed by atoms with Crippen LogP contribution >= 0.6 is 0 Å². The van der Waals surface area contributed by atoms with E-state index >= 15 is 0 Å². The molecule has 0 aromatic heterocycles. The molecule has 1 aromatic rings. The van der Waals surface area contributed by atoms with Crippen LogP contribution in [0.1, 0.15) is 67.8 Å². The second kappa shape index (κ2) is 9.60. The van der Waals surface area contributed by atoms with E-state index in [9.17, 15) is 14.7 Å². The Morgan fingerprint density at radius 3 is 2.71 bits per heavy atom. The summed E-state index contributed by atoms with van der Waals surface area (Å²) in [6.07, 6.45) is 6.58. The molecule has 1 N–H and O–H groups in total. The number of aryl methyl sites for hydroxylation is 1.